The molecule has 1 aliphatic heterocycles. The lowest BCUT2D eigenvalue weighted by Gasteiger charge is -2.30. The van der Waals surface area contributed by atoms with Crippen molar-refractivity contribution in [3.63, 3.8) is 0 Å². The second-order valence-electron chi connectivity index (χ2n) is 4.44. The number of carbonyl (C=O) groups excluding carboxylic acids is 1. The third-order valence-corrected chi connectivity index (χ3v) is 3.46. The van der Waals surface area contributed by atoms with Gasteiger partial charge < -0.3 is 4.90 Å². The van der Waals surface area contributed by atoms with Gasteiger partial charge >= 0.3 is 0 Å². The molecule has 0 N–H and O–H groups in total. The minimum atomic E-state index is 0.241. The fourth-order valence-corrected chi connectivity index (χ4v) is 2.35. The fraction of sp³-hybridized carbons (Fsp3) is 0.562. The van der Waals surface area contributed by atoms with Crippen molar-refractivity contribution in [1.29, 1.82) is 0 Å². The first-order valence-corrected chi connectivity index (χ1v) is 7.13. The molecule has 1 fully saturated rings. The van der Waals surface area contributed by atoms with E-state index in [0.717, 1.165) is 38.0 Å². The minimum Gasteiger partial charge on any atom is -0.304 e. The molecule has 1 heterocycles. The fourth-order valence-electron chi connectivity index (χ4n) is 2.35. The van der Waals surface area contributed by atoms with Crippen LogP contribution in [-0.2, 0) is 0 Å². The Balaban J connectivity index is 0.000000771. The van der Waals surface area contributed by atoms with E-state index in [4.69, 9.17) is 0 Å². The second kappa shape index (κ2) is 8.04. The number of hydrogen-bond acceptors (Lipinski definition) is 2. The first-order chi connectivity index (χ1) is 8.81. The van der Waals surface area contributed by atoms with E-state index < -0.39 is 0 Å². The molecule has 0 bridgehead atoms. The van der Waals surface area contributed by atoms with Crippen molar-refractivity contribution in [2.45, 2.75) is 33.6 Å². The molecular formula is C16H25NO. The summed E-state index contributed by atoms with van der Waals surface area (Å²) < 4.78 is 0. The average Bonchev–Trinajstić information content (AvgIpc) is 2.49. The van der Waals surface area contributed by atoms with Gasteiger partial charge in [0.25, 0.3) is 0 Å². The Morgan fingerprint density at radius 2 is 1.72 bits per heavy atom. The van der Waals surface area contributed by atoms with Crippen LogP contribution in [0.3, 0.4) is 0 Å². The number of carbonyl (C=O) groups is 1. The van der Waals surface area contributed by atoms with Crippen LogP contribution < -0.4 is 0 Å². The third-order valence-electron chi connectivity index (χ3n) is 3.46. The number of ketones is 1. The maximum atomic E-state index is 12.2. The molecule has 0 saturated carbocycles. The number of nitrogens with zero attached hydrogens (tertiary/aromatic N) is 1. The van der Waals surface area contributed by atoms with Crippen LogP contribution in [0.15, 0.2) is 30.3 Å². The van der Waals surface area contributed by atoms with Gasteiger partial charge in [-0.1, -0.05) is 51.1 Å². The SMILES string of the molecule is CC.CCN1CCC(C(=O)c2ccccc2)CC1. The van der Waals surface area contributed by atoms with E-state index in [9.17, 15) is 4.79 Å². The number of benzene rings is 1. The highest BCUT2D eigenvalue weighted by atomic mass is 16.1. The molecule has 18 heavy (non-hydrogen) atoms. The van der Waals surface area contributed by atoms with E-state index in [-0.39, 0.29) is 5.92 Å². The topological polar surface area (TPSA) is 20.3 Å². The maximum Gasteiger partial charge on any atom is 0.166 e. The van der Waals surface area contributed by atoms with Crippen LogP contribution in [0, 0.1) is 5.92 Å². The van der Waals surface area contributed by atoms with Crippen molar-refractivity contribution < 1.29 is 4.79 Å². The summed E-state index contributed by atoms with van der Waals surface area (Å²) in [6, 6.07) is 9.68. The van der Waals surface area contributed by atoms with Crippen LogP contribution in [0.2, 0.25) is 0 Å². The molecule has 0 aliphatic carbocycles. The van der Waals surface area contributed by atoms with Gasteiger partial charge in [0.2, 0.25) is 0 Å². The zero-order chi connectivity index (χ0) is 13.4. The van der Waals surface area contributed by atoms with Gasteiger partial charge in [-0.25, -0.2) is 0 Å². The molecular weight excluding hydrogens is 222 g/mol. The molecule has 0 spiro atoms. The summed E-state index contributed by atoms with van der Waals surface area (Å²) in [6.07, 6.45) is 2.03. The van der Waals surface area contributed by atoms with Gasteiger partial charge in [-0.3, -0.25) is 4.79 Å². The third kappa shape index (κ3) is 3.95. The van der Waals surface area contributed by atoms with E-state index in [1.807, 2.05) is 44.2 Å². The van der Waals surface area contributed by atoms with Gasteiger partial charge in [-0.15, -0.1) is 0 Å². The van der Waals surface area contributed by atoms with Gasteiger partial charge in [0.1, 0.15) is 0 Å². The average molecular weight is 247 g/mol. The molecule has 2 nitrogen and oxygen atoms in total. The summed E-state index contributed by atoms with van der Waals surface area (Å²) >= 11 is 0. The molecule has 1 aliphatic rings. The molecule has 2 heteroatoms. The predicted octanol–water partition coefficient (Wildman–Crippen LogP) is 3.63. The van der Waals surface area contributed by atoms with Crippen molar-refractivity contribution in [2.75, 3.05) is 19.6 Å². The largest absolute Gasteiger partial charge is 0.304 e. The Labute approximate surface area is 111 Å². The van der Waals surface area contributed by atoms with E-state index >= 15 is 0 Å². The van der Waals surface area contributed by atoms with Crippen LogP contribution in [0.25, 0.3) is 0 Å². The lowest BCUT2D eigenvalue weighted by atomic mass is 9.89. The van der Waals surface area contributed by atoms with Crippen molar-refractivity contribution >= 4 is 5.78 Å². The monoisotopic (exact) mass is 247 g/mol. The highest BCUT2D eigenvalue weighted by Gasteiger charge is 2.24. The predicted molar refractivity (Wildman–Crippen MR) is 77.0 cm³/mol. The number of likely N-dealkylation sites (tertiary alicyclic amines) is 1. The van der Waals surface area contributed by atoms with Crippen LogP contribution in [0.4, 0.5) is 0 Å². The summed E-state index contributed by atoms with van der Waals surface area (Å²) in [5.41, 5.74) is 0.873. The molecule has 0 amide bonds. The molecule has 2 rings (SSSR count). The molecule has 1 saturated heterocycles. The molecule has 0 unspecified atom stereocenters. The Hall–Kier alpha value is -1.15. The van der Waals surface area contributed by atoms with Crippen molar-refractivity contribution in [3.05, 3.63) is 35.9 Å². The summed E-state index contributed by atoms with van der Waals surface area (Å²) in [5.74, 6) is 0.571. The number of piperidine rings is 1. The first-order valence-electron chi connectivity index (χ1n) is 7.13. The van der Waals surface area contributed by atoms with E-state index in [2.05, 4.69) is 11.8 Å². The zero-order valence-corrected chi connectivity index (χ0v) is 11.9. The van der Waals surface area contributed by atoms with Gasteiger partial charge in [-0.05, 0) is 32.5 Å². The maximum absolute atomic E-state index is 12.2. The lowest BCUT2D eigenvalue weighted by molar-refractivity contribution is 0.0844. The summed E-state index contributed by atoms with van der Waals surface area (Å²) in [5, 5.41) is 0. The highest BCUT2D eigenvalue weighted by molar-refractivity contribution is 5.97. The van der Waals surface area contributed by atoms with Crippen LogP contribution in [0.5, 0.6) is 0 Å². The molecule has 0 aromatic heterocycles. The first kappa shape index (κ1) is 14.9. The van der Waals surface area contributed by atoms with Gasteiger partial charge in [-0.2, -0.15) is 0 Å². The van der Waals surface area contributed by atoms with Crippen molar-refractivity contribution in [3.8, 4) is 0 Å². The van der Waals surface area contributed by atoms with Gasteiger partial charge in [0.15, 0.2) is 5.78 Å². The van der Waals surface area contributed by atoms with Crippen molar-refractivity contribution in [1.82, 2.24) is 4.90 Å². The second-order valence-corrected chi connectivity index (χ2v) is 4.44. The Morgan fingerprint density at radius 1 is 1.17 bits per heavy atom. The van der Waals surface area contributed by atoms with Crippen LogP contribution in [-0.4, -0.2) is 30.3 Å². The van der Waals surface area contributed by atoms with E-state index in [0.29, 0.717) is 5.78 Å². The Bertz CT molecular complexity index is 339. The van der Waals surface area contributed by atoms with E-state index in [1.54, 1.807) is 0 Å². The molecule has 100 valence electrons. The number of Topliss-reactive ketones (excluding diaryl/α,β-unsaturated/α-hetero) is 1. The molecule has 1 aromatic rings. The number of rotatable bonds is 3. The molecule has 1 aromatic carbocycles. The summed E-state index contributed by atoms with van der Waals surface area (Å²) in [6.45, 7) is 9.42. The highest BCUT2D eigenvalue weighted by Crippen LogP contribution is 2.21. The summed E-state index contributed by atoms with van der Waals surface area (Å²) in [7, 11) is 0. The quantitative estimate of drug-likeness (QED) is 0.760. The Kier molecular flexibility index (Phi) is 6.66. The zero-order valence-electron chi connectivity index (χ0n) is 11.9. The molecule has 0 radical (unpaired) electrons. The van der Waals surface area contributed by atoms with Gasteiger partial charge in [0.05, 0.1) is 0 Å². The number of hydrogen-bond donors (Lipinski definition) is 0. The normalized spacial score (nSPS) is 16.8. The van der Waals surface area contributed by atoms with Crippen LogP contribution >= 0.6 is 0 Å². The standard InChI is InChI=1S/C14H19NO.C2H6/c1-2-15-10-8-13(9-11-15)14(16)12-6-4-3-5-7-12;1-2/h3-7,13H,2,8-11H2,1H3;1-2H3. The molecule has 0 atom stereocenters. The lowest BCUT2D eigenvalue weighted by Crippen LogP contribution is -2.36. The Morgan fingerprint density at radius 3 is 2.22 bits per heavy atom. The summed E-state index contributed by atoms with van der Waals surface area (Å²) in [4.78, 5) is 14.6. The van der Waals surface area contributed by atoms with Crippen molar-refractivity contribution in [2.24, 2.45) is 5.92 Å². The van der Waals surface area contributed by atoms with Crippen LogP contribution in [0.1, 0.15) is 44.0 Å². The van der Waals surface area contributed by atoms with E-state index in [1.165, 1.54) is 0 Å². The smallest absolute Gasteiger partial charge is 0.166 e. The minimum absolute atomic E-state index is 0.241. The van der Waals surface area contributed by atoms with Gasteiger partial charge in [0, 0.05) is 11.5 Å².